The third-order valence-electron chi connectivity index (χ3n) is 3.59. The summed E-state index contributed by atoms with van der Waals surface area (Å²) in [5.41, 5.74) is 0.315. The fourth-order valence-corrected chi connectivity index (χ4v) is 2.40. The summed E-state index contributed by atoms with van der Waals surface area (Å²) >= 11 is 0. The van der Waals surface area contributed by atoms with E-state index in [1.165, 1.54) is 11.9 Å². The van der Waals surface area contributed by atoms with Crippen molar-refractivity contribution in [2.45, 2.75) is 12.7 Å². The van der Waals surface area contributed by atoms with Crippen LogP contribution in [-0.2, 0) is 12.7 Å². The zero-order chi connectivity index (χ0) is 17.3. The van der Waals surface area contributed by atoms with E-state index in [2.05, 4.69) is 10.1 Å². The molecule has 1 N–H and O–H groups in total. The van der Waals surface area contributed by atoms with Gasteiger partial charge >= 0.3 is 6.18 Å². The molecule has 0 bridgehead atoms. The lowest BCUT2D eigenvalue weighted by atomic mass is 10.1. The van der Waals surface area contributed by atoms with Crippen LogP contribution in [0.4, 0.5) is 13.2 Å². The number of H-pyrrole nitrogens is 1. The minimum Gasteiger partial charge on any atom is -0.336 e. The van der Waals surface area contributed by atoms with Gasteiger partial charge in [0.25, 0.3) is 5.91 Å². The van der Waals surface area contributed by atoms with E-state index in [4.69, 9.17) is 0 Å². The van der Waals surface area contributed by atoms with Crippen LogP contribution < -0.4 is 0 Å². The first-order valence-electron chi connectivity index (χ1n) is 7.07. The number of nitrogens with one attached hydrogen (secondary N) is 1. The van der Waals surface area contributed by atoms with Gasteiger partial charge in [0.05, 0.1) is 5.52 Å². The van der Waals surface area contributed by atoms with Crippen molar-refractivity contribution in [1.29, 1.82) is 0 Å². The van der Waals surface area contributed by atoms with Crippen LogP contribution in [0, 0.1) is 0 Å². The molecular formula is C16H13F3N4O. The number of rotatable bonds is 3. The molecule has 0 radical (unpaired) electrons. The number of hydrogen-bond acceptors (Lipinski definition) is 3. The molecule has 0 aliphatic carbocycles. The van der Waals surface area contributed by atoms with Gasteiger partial charge < -0.3 is 4.90 Å². The molecule has 1 aromatic carbocycles. The summed E-state index contributed by atoms with van der Waals surface area (Å²) in [5.74, 6) is -0.595. The quantitative estimate of drug-likeness (QED) is 0.800. The maximum Gasteiger partial charge on any atom is 0.432 e. The van der Waals surface area contributed by atoms with E-state index >= 15 is 0 Å². The van der Waals surface area contributed by atoms with E-state index in [9.17, 15) is 18.0 Å². The molecule has 1 amide bonds. The van der Waals surface area contributed by atoms with Crippen molar-refractivity contribution in [3.63, 3.8) is 0 Å². The maximum absolute atomic E-state index is 12.6. The van der Waals surface area contributed by atoms with Crippen molar-refractivity contribution in [3.05, 3.63) is 59.5 Å². The smallest absolute Gasteiger partial charge is 0.336 e. The van der Waals surface area contributed by atoms with Gasteiger partial charge in [-0.25, -0.2) is 0 Å². The average molecular weight is 334 g/mol. The third-order valence-corrected chi connectivity index (χ3v) is 3.59. The zero-order valence-corrected chi connectivity index (χ0v) is 12.6. The van der Waals surface area contributed by atoms with Crippen LogP contribution in [0.15, 0.2) is 42.6 Å². The fraction of sp³-hybridized carbons (Fsp3) is 0.188. The summed E-state index contributed by atoms with van der Waals surface area (Å²) in [7, 11) is 1.51. The highest BCUT2D eigenvalue weighted by Gasteiger charge is 2.34. The number of benzene rings is 1. The van der Waals surface area contributed by atoms with Gasteiger partial charge in [0, 0.05) is 31.2 Å². The normalized spacial score (nSPS) is 11.7. The number of pyridine rings is 1. The number of alkyl halides is 3. The van der Waals surface area contributed by atoms with Crippen molar-refractivity contribution < 1.29 is 18.0 Å². The van der Waals surface area contributed by atoms with E-state index in [-0.39, 0.29) is 12.2 Å². The van der Waals surface area contributed by atoms with Crippen LogP contribution in [0.2, 0.25) is 0 Å². The second-order valence-corrected chi connectivity index (χ2v) is 5.31. The predicted octanol–water partition coefficient (Wildman–Crippen LogP) is 3.25. The molecule has 0 atom stereocenters. The molecule has 124 valence electrons. The Morgan fingerprint density at radius 2 is 2.04 bits per heavy atom. The van der Waals surface area contributed by atoms with Gasteiger partial charge in [0.1, 0.15) is 5.69 Å². The fourth-order valence-electron chi connectivity index (χ4n) is 2.40. The van der Waals surface area contributed by atoms with Crippen LogP contribution in [-0.4, -0.2) is 33.0 Å². The number of halogens is 3. The molecule has 5 nitrogen and oxygen atoms in total. The number of aromatic nitrogens is 3. The predicted molar refractivity (Wildman–Crippen MR) is 81.1 cm³/mol. The van der Waals surface area contributed by atoms with Gasteiger partial charge in [-0.05, 0) is 17.7 Å². The molecule has 3 rings (SSSR count). The molecule has 3 aromatic rings. The topological polar surface area (TPSA) is 61.9 Å². The lowest BCUT2D eigenvalue weighted by Crippen LogP contribution is -2.26. The number of hydrogen-bond donors (Lipinski definition) is 1. The summed E-state index contributed by atoms with van der Waals surface area (Å²) in [6.07, 6.45) is -2.89. The van der Waals surface area contributed by atoms with Crippen LogP contribution in [0.5, 0.6) is 0 Å². The average Bonchev–Trinajstić information content (AvgIpc) is 3.04. The number of carbonyl (C=O) groups excluding carboxylic acids is 1. The van der Waals surface area contributed by atoms with Crippen molar-refractivity contribution in [3.8, 4) is 0 Å². The second kappa shape index (κ2) is 5.95. The molecule has 0 fully saturated rings. The van der Waals surface area contributed by atoms with Gasteiger partial charge in [-0.3, -0.25) is 14.9 Å². The summed E-state index contributed by atoms with van der Waals surface area (Å²) in [6.45, 7) is 0.232. The first-order chi connectivity index (χ1) is 11.4. The van der Waals surface area contributed by atoms with Crippen molar-refractivity contribution >= 4 is 16.8 Å². The van der Waals surface area contributed by atoms with Crippen LogP contribution in [0.1, 0.15) is 21.7 Å². The van der Waals surface area contributed by atoms with Gasteiger partial charge in [-0.15, -0.1) is 0 Å². The molecule has 8 heteroatoms. The first-order valence-corrected chi connectivity index (χ1v) is 7.07. The Kier molecular flexibility index (Phi) is 3.96. The van der Waals surface area contributed by atoms with Gasteiger partial charge in [-0.2, -0.15) is 18.3 Å². The Balaban J connectivity index is 1.82. The monoisotopic (exact) mass is 334 g/mol. The van der Waals surface area contributed by atoms with Gasteiger partial charge in [0.15, 0.2) is 5.69 Å². The summed E-state index contributed by atoms with van der Waals surface area (Å²) in [5, 5.41) is 6.19. The van der Waals surface area contributed by atoms with E-state index in [1.54, 1.807) is 12.3 Å². The van der Waals surface area contributed by atoms with Crippen molar-refractivity contribution in [2.24, 2.45) is 0 Å². The Bertz CT molecular complexity index is 883. The molecule has 0 aliphatic heterocycles. The molecular weight excluding hydrogens is 321 g/mol. The lowest BCUT2D eigenvalue weighted by Gasteiger charge is -2.17. The second-order valence-electron chi connectivity index (χ2n) is 5.31. The highest BCUT2D eigenvalue weighted by atomic mass is 19.4. The Morgan fingerprint density at radius 3 is 2.75 bits per heavy atom. The minimum absolute atomic E-state index is 0.232. The molecule has 2 heterocycles. The molecule has 0 spiro atoms. The number of aromatic amines is 1. The number of carbonyl (C=O) groups is 1. The highest BCUT2D eigenvalue weighted by Crippen LogP contribution is 2.28. The van der Waals surface area contributed by atoms with Crippen LogP contribution in [0.25, 0.3) is 10.9 Å². The number of nitrogens with zero attached hydrogens (tertiary/aromatic N) is 3. The van der Waals surface area contributed by atoms with Crippen molar-refractivity contribution in [1.82, 2.24) is 20.1 Å². The number of fused-ring (bicyclic) bond motifs is 1. The third kappa shape index (κ3) is 3.08. The zero-order valence-electron chi connectivity index (χ0n) is 12.6. The SMILES string of the molecule is CN(Cc1cccc2ncccc12)C(=O)c1cc(C(F)(F)F)[nH]n1. The Labute approximate surface area is 135 Å². The summed E-state index contributed by atoms with van der Waals surface area (Å²) in [6, 6.07) is 9.90. The molecule has 24 heavy (non-hydrogen) atoms. The van der Waals surface area contributed by atoms with E-state index in [0.29, 0.717) is 6.07 Å². The van der Waals surface area contributed by atoms with Gasteiger partial charge in [0.2, 0.25) is 0 Å². The summed E-state index contributed by atoms with van der Waals surface area (Å²) in [4.78, 5) is 17.8. The molecule has 0 unspecified atom stereocenters. The Morgan fingerprint density at radius 1 is 1.25 bits per heavy atom. The number of amides is 1. The highest BCUT2D eigenvalue weighted by molar-refractivity contribution is 5.92. The van der Waals surface area contributed by atoms with E-state index in [0.717, 1.165) is 16.5 Å². The largest absolute Gasteiger partial charge is 0.432 e. The van der Waals surface area contributed by atoms with Gasteiger partial charge in [-0.1, -0.05) is 18.2 Å². The molecule has 0 saturated heterocycles. The Hall–Kier alpha value is -2.90. The molecule has 2 aromatic heterocycles. The van der Waals surface area contributed by atoms with Crippen LogP contribution >= 0.6 is 0 Å². The van der Waals surface area contributed by atoms with Crippen molar-refractivity contribution in [2.75, 3.05) is 7.05 Å². The molecule has 0 aliphatic rings. The van der Waals surface area contributed by atoms with Crippen LogP contribution in [0.3, 0.4) is 0 Å². The summed E-state index contributed by atoms with van der Waals surface area (Å²) < 4.78 is 37.8. The van der Waals surface area contributed by atoms with E-state index < -0.39 is 17.8 Å². The molecule has 0 saturated carbocycles. The van der Waals surface area contributed by atoms with E-state index in [1.807, 2.05) is 29.4 Å². The lowest BCUT2D eigenvalue weighted by molar-refractivity contribution is -0.141. The standard InChI is InChI=1S/C16H13F3N4O/c1-23(15(24)13-8-14(22-21-13)16(17,18)19)9-10-4-2-6-12-11(10)5-3-7-20-12/h2-8H,9H2,1H3,(H,21,22). The minimum atomic E-state index is -4.56. The maximum atomic E-state index is 12.6. The first kappa shape index (κ1) is 16.0.